The van der Waals surface area contributed by atoms with Gasteiger partial charge in [0.25, 0.3) is 0 Å². The Labute approximate surface area is 122 Å². The highest BCUT2D eigenvalue weighted by atomic mass is 32.2. The zero-order chi connectivity index (χ0) is 13.3. The number of likely N-dealkylation sites (tertiary alicyclic amines) is 1. The largest absolute Gasteiger partial charge is 0.329 e. The maximum atomic E-state index is 6.31. The molecule has 3 atom stereocenters. The Bertz CT molecular complexity index is 303. The average Bonchev–Trinajstić information content (AvgIpc) is 3.10. The third kappa shape index (κ3) is 2.47. The van der Waals surface area contributed by atoms with Crippen molar-refractivity contribution < 1.29 is 0 Å². The number of nitrogens with zero attached hydrogens (tertiary/aromatic N) is 1. The molecule has 3 fully saturated rings. The van der Waals surface area contributed by atoms with Gasteiger partial charge in [0.05, 0.1) is 0 Å². The highest BCUT2D eigenvalue weighted by Gasteiger charge is 2.48. The fourth-order valence-electron chi connectivity index (χ4n) is 4.94. The highest BCUT2D eigenvalue weighted by Crippen LogP contribution is 2.45. The SMILES string of the molecule is CC1SCCCC1(CN)N1CCCC1C1CCCC1. The van der Waals surface area contributed by atoms with E-state index in [1.54, 1.807) is 0 Å². The van der Waals surface area contributed by atoms with Crippen LogP contribution in [-0.4, -0.2) is 40.6 Å². The zero-order valence-corrected chi connectivity index (χ0v) is 13.3. The van der Waals surface area contributed by atoms with Crippen LogP contribution in [0.15, 0.2) is 0 Å². The van der Waals surface area contributed by atoms with Crippen LogP contribution in [0.2, 0.25) is 0 Å². The molecule has 2 N–H and O–H groups in total. The lowest BCUT2D eigenvalue weighted by molar-refractivity contribution is 0.0446. The Kier molecular flexibility index (Phi) is 4.45. The van der Waals surface area contributed by atoms with Crippen molar-refractivity contribution in [1.29, 1.82) is 0 Å². The van der Waals surface area contributed by atoms with E-state index in [9.17, 15) is 0 Å². The van der Waals surface area contributed by atoms with Crippen molar-refractivity contribution in [3.8, 4) is 0 Å². The molecule has 0 aromatic carbocycles. The summed E-state index contributed by atoms with van der Waals surface area (Å²) in [4.78, 5) is 2.89. The quantitative estimate of drug-likeness (QED) is 0.861. The lowest BCUT2D eigenvalue weighted by Gasteiger charge is -2.51. The Hall–Kier alpha value is 0.270. The summed E-state index contributed by atoms with van der Waals surface area (Å²) in [5.41, 5.74) is 6.63. The first-order chi connectivity index (χ1) is 9.28. The van der Waals surface area contributed by atoms with Gasteiger partial charge in [-0.2, -0.15) is 11.8 Å². The number of nitrogens with two attached hydrogens (primary N) is 1. The minimum absolute atomic E-state index is 0.312. The van der Waals surface area contributed by atoms with Gasteiger partial charge in [0, 0.05) is 23.4 Å². The molecule has 3 unspecified atom stereocenters. The molecular weight excluding hydrogens is 252 g/mol. The molecular formula is C16H30N2S. The Morgan fingerprint density at radius 1 is 1.16 bits per heavy atom. The molecule has 110 valence electrons. The van der Waals surface area contributed by atoms with E-state index in [-0.39, 0.29) is 0 Å². The minimum Gasteiger partial charge on any atom is -0.329 e. The maximum Gasteiger partial charge on any atom is 0.0450 e. The van der Waals surface area contributed by atoms with E-state index in [1.165, 1.54) is 63.7 Å². The van der Waals surface area contributed by atoms with Gasteiger partial charge in [0.1, 0.15) is 0 Å². The summed E-state index contributed by atoms with van der Waals surface area (Å²) < 4.78 is 0. The Morgan fingerprint density at radius 3 is 2.63 bits per heavy atom. The molecule has 0 spiro atoms. The van der Waals surface area contributed by atoms with Gasteiger partial charge in [-0.25, -0.2) is 0 Å². The van der Waals surface area contributed by atoms with Gasteiger partial charge in [-0.3, -0.25) is 4.90 Å². The smallest absolute Gasteiger partial charge is 0.0450 e. The topological polar surface area (TPSA) is 29.3 Å². The van der Waals surface area contributed by atoms with E-state index in [4.69, 9.17) is 5.73 Å². The van der Waals surface area contributed by atoms with Crippen LogP contribution in [0.3, 0.4) is 0 Å². The minimum atomic E-state index is 0.312. The van der Waals surface area contributed by atoms with Gasteiger partial charge in [0.2, 0.25) is 0 Å². The molecule has 0 radical (unpaired) electrons. The second-order valence-electron chi connectivity index (χ2n) is 6.87. The van der Waals surface area contributed by atoms with E-state index in [1.807, 2.05) is 0 Å². The average molecular weight is 282 g/mol. The van der Waals surface area contributed by atoms with Gasteiger partial charge in [-0.05, 0) is 56.7 Å². The van der Waals surface area contributed by atoms with Crippen molar-refractivity contribution in [2.45, 2.75) is 75.1 Å². The number of thioether (sulfide) groups is 1. The van der Waals surface area contributed by atoms with Crippen LogP contribution < -0.4 is 5.73 Å². The van der Waals surface area contributed by atoms with Crippen LogP contribution in [0, 0.1) is 5.92 Å². The predicted octanol–water partition coefficient (Wildman–Crippen LogP) is 3.25. The highest BCUT2D eigenvalue weighted by molar-refractivity contribution is 8.00. The molecule has 3 aliphatic rings. The molecule has 2 heterocycles. The van der Waals surface area contributed by atoms with Crippen molar-refractivity contribution >= 4 is 11.8 Å². The molecule has 19 heavy (non-hydrogen) atoms. The van der Waals surface area contributed by atoms with Gasteiger partial charge in [-0.15, -0.1) is 0 Å². The standard InChI is InChI=1S/C16H30N2S/c1-13-16(12-17,9-5-11-19-13)18-10-4-8-15(18)14-6-2-3-7-14/h13-15H,2-12,17H2,1H3. The summed E-state index contributed by atoms with van der Waals surface area (Å²) in [6, 6.07) is 0.854. The zero-order valence-electron chi connectivity index (χ0n) is 12.4. The van der Waals surface area contributed by atoms with Crippen LogP contribution in [0.25, 0.3) is 0 Å². The first-order valence-corrected chi connectivity index (χ1v) is 9.41. The van der Waals surface area contributed by atoms with Crippen molar-refractivity contribution in [3.05, 3.63) is 0 Å². The number of hydrogen-bond acceptors (Lipinski definition) is 3. The molecule has 2 saturated heterocycles. The van der Waals surface area contributed by atoms with Crippen molar-refractivity contribution in [1.82, 2.24) is 4.90 Å². The van der Waals surface area contributed by atoms with E-state index in [2.05, 4.69) is 23.6 Å². The Morgan fingerprint density at radius 2 is 1.95 bits per heavy atom. The summed E-state index contributed by atoms with van der Waals surface area (Å²) in [5, 5.41) is 0.716. The summed E-state index contributed by atoms with van der Waals surface area (Å²) in [5.74, 6) is 2.32. The number of hydrogen-bond donors (Lipinski definition) is 1. The monoisotopic (exact) mass is 282 g/mol. The molecule has 0 aromatic rings. The van der Waals surface area contributed by atoms with E-state index >= 15 is 0 Å². The lowest BCUT2D eigenvalue weighted by atomic mass is 9.84. The third-order valence-corrected chi connectivity index (χ3v) is 7.51. The molecule has 2 aliphatic heterocycles. The fourth-order valence-corrected chi connectivity index (χ4v) is 6.26. The molecule has 3 heteroatoms. The maximum absolute atomic E-state index is 6.31. The third-order valence-electron chi connectivity index (χ3n) is 6.05. The molecule has 2 nitrogen and oxygen atoms in total. The normalized spacial score (nSPS) is 42.0. The summed E-state index contributed by atoms with van der Waals surface area (Å²) in [6.45, 7) is 4.61. The van der Waals surface area contributed by atoms with E-state index in [0.29, 0.717) is 10.8 Å². The van der Waals surface area contributed by atoms with Gasteiger partial charge >= 0.3 is 0 Å². The van der Waals surface area contributed by atoms with Crippen LogP contribution in [0.5, 0.6) is 0 Å². The van der Waals surface area contributed by atoms with E-state index in [0.717, 1.165) is 18.5 Å². The summed E-state index contributed by atoms with van der Waals surface area (Å²) >= 11 is 2.16. The van der Waals surface area contributed by atoms with Crippen LogP contribution in [0.4, 0.5) is 0 Å². The molecule has 0 aromatic heterocycles. The number of rotatable bonds is 3. The van der Waals surface area contributed by atoms with Crippen LogP contribution in [-0.2, 0) is 0 Å². The molecule has 1 aliphatic carbocycles. The second kappa shape index (κ2) is 5.95. The first-order valence-electron chi connectivity index (χ1n) is 8.36. The van der Waals surface area contributed by atoms with Crippen molar-refractivity contribution in [3.63, 3.8) is 0 Å². The van der Waals surface area contributed by atoms with Gasteiger partial charge in [0.15, 0.2) is 0 Å². The van der Waals surface area contributed by atoms with Gasteiger partial charge < -0.3 is 5.73 Å². The summed E-state index contributed by atoms with van der Waals surface area (Å²) in [7, 11) is 0. The lowest BCUT2D eigenvalue weighted by Crippen LogP contribution is -2.63. The van der Waals surface area contributed by atoms with Crippen molar-refractivity contribution in [2.75, 3.05) is 18.8 Å². The summed E-state index contributed by atoms with van der Waals surface area (Å²) in [6.07, 6.45) is 11.4. The first kappa shape index (κ1) is 14.2. The predicted molar refractivity (Wildman–Crippen MR) is 84.6 cm³/mol. The Balaban J connectivity index is 1.80. The molecule has 0 bridgehead atoms. The fraction of sp³-hybridized carbons (Fsp3) is 1.00. The molecule has 0 amide bonds. The van der Waals surface area contributed by atoms with Crippen LogP contribution >= 0.6 is 11.8 Å². The molecule has 1 saturated carbocycles. The van der Waals surface area contributed by atoms with Crippen molar-refractivity contribution in [2.24, 2.45) is 11.7 Å². The van der Waals surface area contributed by atoms with Gasteiger partial charge in [-0.1, -0.05) is 19.8 Å². The molecule has 3 rings (SSSR count). The second-order valence-corrected chi connectivity index (χ2v) is 8.32. The van der Waals surface area contributed by atoms with E-state index < -0.39 is 0 Å². The van der Waals surface area contributed by atoms with Crippen LogP contribution in [0.1, 0.15) is 58.3 Å².